The molecule has 0 aliphatic carbocycles. The first-order chi connectivity index (χ1) is 9.65. The monoisotopic (exact) mass is 328 g/mol. The van der Waals surface area contributed by atoms with Crippen LogP contribution in [0.1, 0.15) is 18.4 Å². The van der Waals surface area contributed by atoms with Crippen LogP contribution in [0.3, 0.4) is 0 Å². The number of rotatable bonds is 6. The molecule has 0 saturated carbocycles. The Morgan fingerprint density at radius 2 is 1.95 bits per heavy atom. The largest absolute Gasteiger partial charge is 0.396 e. The zero-order valence-corrected chi connectivity index (χ0v) is 14.0. The Labute approximate surface area is 131 Å². The van der Waals surface area contributed by atoms with Crippen molar-refractivity contribution in [3.63, 3.8) is 0 Å². The number of thioether (sulfide) groups is 2. The van der Waals surface area contributed by atoms with Gasteiger partial charge in [0.1, 0.15) is 0 Å². The minimum Gasteiger partial charge on any atom is -0.396 e. The van der Waals surface area contributed by atoms with Gasteiger partial charge in [-0.15, -0.1) is 23.5 Å². The van der Waals surface area contributed by atoms with Crippen LogP contribution < -0.4 is 0 Å². The summed E-state index contributed by atoms with van der Waals surface area (Å²) in [7, 11) is -1.08. The van der Waals surface area contributed by atoms with Crippen LogP contribution in [0, 0.1) is 6.92 Å². The van der Waals surface area contributed by atoms with Crippen molar-refractivity contribution < 1.29 is 9.32 Å². The molecule has 1 aromatic carbocycles. The lowest BCUT2D eigenvalue weighted by atomic mass is 10.2. The van der Waals surface area contributed by atoms with Crippen LogP contribution in [0.25, 0.3) is 0 Å². The Hall–Kier alpha value is -0.230. The van der Waals surface area contributed by atoms with Gasteiger partial charge in [-0.25, -0.2) is 4.21 Å². The van der Waals surface area contributed by atoms with Gasteiger partial charge in [-0.3, -0.25) is 0 Å². The van der Waals surface area contributed by atoms with E-state index in [9.17, 15) is 9.32 Å². The first-order valence-electron chi connectivity index (χ1n) is 6.68. The molecule has 20 heavy (non-hydrogen) atoms. The Bertz CT molecular complexity index is 476. The lowest BCUT2D eigenvalue weighted by Gasteiger charge is -2.24. The van der Waals surface area contributed by atoms with Crippen LogP contribution in [0.2, 0.25) is 0 Å². The maximum Gasteiger partial charge on any atom is 0.0772 e. The lowest BCUT2D eigenvalue weighted by Crippen LogP contribution is -2.17. The van der Waals surface area contributed by atoms with Gasteiger partial charge in [-0.05, 0) is 31.9 Å². The lowest BCUT2D eigenvalue weighted by molar-refractivity contribution is 0.283. The van der Waals surface area contributed by atoms with E-state index >= 15 is 0 Å². The molecule has 110 valence electrons. The van der Waals surface area contributed by atoms with Gasteiger partial charge in [0.05, 0.1) is 14.9 Å². The molecule has 1 aliphatic rings. The van der Waals surface area contributed by atoms with Crippen molar-refractivity contribution in [2.45, 2.75) is 28.7 Å². The fourth-order valence-electron chi connectivity index (χ4n) is 2.10. The number of hydrogen-bond acceptors (Lipinski definition) is 4. The number of aliphatic hydroxyl groups excluding tert-OH is 1. The van der Waals surface area contributed by atoms with E-state index in [1.54, 1.807) is 5.41 Å². The highest BCUT2D eigenvalue weighted by atomic mass is 32.2. The predicted octanol–water partition coefficient (Wildman–Crippen LogP) is 3.57. The van der Waals surface area contributed by atoms with Crippen LogP contribution in [-0.2, 0) is 10.8 Å². The Morgan fingerprint density at radius 1 is 1.30 bits per heavy atom. The maximum absolute atomic E-state index is 12.2. The van der Waals surface area contributed by atoms with Crippen LogP contribution in [0.5, 0.6) is 0 Å². The molecule has 2 nitrogen and oxygen atoms in total. The van der Waals surface area contributed by atoms with Gasteiger partial charge < -0.3 is 5.11 Å². The zero-order chi connectivity index (χ0) is 14.4. The molecule has 1 N–H and O–H groups in total. The Morgan fingerprint density at radius 3 is 2.55 bits per heavy atom. The topological polar surface area (TPSA) is 37.3 Å². The average Bonchev–Trinajstić information content (AvgIpc) is 2.88. The third-order valence-corrected chi connectivity index (χ3v) is 7.96. The number of benzene rings is 1. The number of aliphatic hydroxyl groups is 1. The van der Waals surface area contributed by atoms with Crippen molar-refractivity contribution in [3.05, 3.63) is 41.3 Å². The van der Waals surface area contributed by atoms with Crippen molar-refractivity contribution in [2.75, 3.05) is 18.1 Å². The van der Waals surface area contributed by atoms with Gasteiger partial charge in [-0.1, -0.05) is 23.8 Å². The highest BCUT2D eigenvalue weighted by Gasteiger charge is 2.33. The van der Waals surface area contributed by atoms with E-state index in [2.05, 4.69) is 0 Å². The fraction of sp³-hybridized carbons (Fsp3) is 0.467. The average molecular weight is 329 g/mol. The number of hydrogen-bond donors (Lipinski definition) is 1. The third-order valence-electron chi connectivity index (χ3n) is 3.21. The molecule has 0 unspecified atom stereocenters. The van der Waals surface area contributed by atoms with E-state index in [-0.39, 0.29) is 10.7 Å². The third kappa shape index (κ3) is 4.38. The summed E-state index contributed by atoms with van der Waals surface area (Å²) in [5.74, 6) is 2.28. The molecule has 0 bridgehead atoms. The van der Waals surface area contributed by atoms with E-state index < -0.39 is 10.8 Å². The zero-order valence-electron chi connectivity index (χ0n) is 11.6. The second kappa shape index (κ2) is 7.69. The molecular formula is C15H20O2S3. The smallest absolute Gasteiger partial charge is 0.0772 e. The van der Waals surface area contributed by atoms with Crippen molar-refractivity contribution in [1.82, 2.24) is 0 Å². The van der Waals surface area contributed by atoms with E-state index in [1.165, 1.54) is 5.56 Å². The molecule has 1 saturated heterocycles. The highest BCUT2D eigenvalue weighted by molar-refractivity contribution is 8.21. The van der Waals surface area contributed by atoms with E-state index in [0.29, 0.717) is 0 Å². The van der Waals surface area contributed by atoms with Gasteiger partial charge in [-0.2, -0.15) is 0 Å². The molecule has 2 rings (SSSR count). The number of aryl methyl sites for hydroxylation is 1. The minimum atomic E-state index is -1.08. The van der Waals surface area contributed by atoms with Gasteiger partial charge >= 0.3 is 0 Å². The normalized spacial score (nSPS) is 19.5. The van der Waals surface area contributed by atoms with Crippen molar-refractivity contribution >= 4 is 34.3 Å². The summed E-state index contributed by atoms with van der Waals surface area (Å²) in [6, 6.07) is 7.80. The quantitative estimate of drug-likeness (QED) is 0.866. The molecule has 5 heteroatoms. The fourth-order valence-corrected chi connectivity index (χ4v) is 6.07. The molecule has 1 atom stereocenters. The molecular weight excluding hydrogens is 308 g/mol. The highest BCUT2D eigenvalue weighted by Crippen LogP contribution is 2.48. The minimum absolute atomic E-state index is 0.0860. The molecule has 1 heterocycles. The van der Waals surface area contributed by atoms with Gasteiger partial charge in [0.2, 0.25) is 0 Å². The molecule has 0 spiro atoms. The SMILES string of the molecule is Cc1ccc([S@](=O)/C=C/CC2(CCO)SCCS2)cc1. The molecule has 0 radical (unpaired) electrons. The molecule has 1 aromatic rings. The van der Waals surface area contributed by atoms with Gasteiger partial charge in [0, 0.05) is 28.4 Å². The summed E-state index contributed by atoms with van der Waals surface area (Å²) in [6.45, 7) is 2.24. The number of allylic oxidation sites excluding steroid dienone is 1. The van der Waals surface area contributed by atoms with Gasteiger partial charge in [0.15, 0.2) is 0 Å². The summed E-state index contributed by atoms with van der Waals surface area (Å²) in [5.41, 5.74) is 1.18. The molecule has 0 amide bonds. The standard InChI is InChI=1S/C15H20O2S3/c1-13-3-5-14(6-4-13)20(17)12-2-7-15(8-9-16)18-10-11-19-15/h2-6,12,16H,7-11H2,1H3/b12-2+/t20-/m1/s1. The van der Waals surface area contributed by atoms with Crippen LogP contribution >= 0.6 is 23.5 Å². The Kier molecular flexibility index (Phi) is 6.20. The molecule has 0 aromatic heterocycles. The second-order valence-corrected chi connectivity index (χ2v) is 9.32. The van der Waals surface area contributed by atoms with E-state index in [4.69, 9.17) is 0 Å². The molecule has 1 fully saturated rings. The van der Waals surface area contributed by atoms with E-state index in [0.717, 1.165) is 29.2 Å². The summed E-state index contributed by atoms with van der Waals surface area (Å²) in [6.07, 6.45) is 3.67. The van der Waals surface area contributed by atoms with Crippen molar-refractivity contribution in [3.8, 4) is 0 Å². The molecule has 1 aliphatic heterocycles. The summed E-state index contributed by atoms with van der Waals surface area (Å²) in [4.78, 5) is 0.842. The summed E-state index contributed by atoms with van der Waals surface area (Å²) in [5, 5.41) is 11.0. The van der Waals surface area contributed by atoms with Gasteiger partial charge in [0.25, 0.3) is 0 Å². The predicted molar refractivity (Wildman–Crippen MR) is 90.7 cm³/mol. The van der Waals surface area contributed by atoms with Crippen molar-refractivity contribution in [2.24, 2.45) is 0 Å². The van der Waals surface area contributed by atoms with Crippen LogP contribution in [-0.4, -0.2) is 31.5 Å². The summed E-state index contributed by atoms with van der Waals surface area (Å²) < 4.78 is 12.2. The first kappa shape index (κ1) is 16.1. The van der Waals surface area contributed by atoms with Crippen molar-refractivity contribution in [1.29, 1.82) is 0 Å². The first-order valence-corrected chi connectivity index (χ1v) is 9.86. The second-order valence-electron chi connectivity index (χ2n) is 4.77. The van der Waals surface area contributed by atoms with E-state index in [1.807, 2.05) is 60.8 Å². The van der Waals surface area contributed by atoms with Crippen LogP contribution in [0.4, 0.5) is 0 Å². The van der Waals surface area contributed by atoms with Crippen LogP contribution in [0.15, 0.2) is 40.6 Å². The maximum atomic E-state index is 12.2. The Balaban J connectivity index is 1.95. The summed E-state index contributed by atoms with van der Waals surface area (Å²) >= 11 is 3.83.